The molecule has 0 aromatic carbocycles. The van der Waals surface area contributed by atoms with Crippen LogP contribution in [0.15, 0.2) is 0 Å². The maximum absolute atomic E-state index is 12.5. The van der Waals surface area contributed by atoms with E-state index in [1.54, 1.807) is 0 Å². The van der Waals surface area contributed by atoms with Gasteiger partial charge in [0.25, 0.3) is 0 Å². The first kappa shape index (κ1) is 12.0. The molecule has 3 aliphatic heterocycles. The van der Waals surface area contributed by atoms with Crippen LogP contribution in [0.3, 0.4) is 0 Å². The second-order valence-corrected chi connectivity index (χ2v) is 6.29. The first-order valence-corrected chi connectivity index (χ1v) is 6.81. The van der Waals surface area contributed by atoms with E-state index in [1.807, 2.05) is 4.90 Å². The Morgan fingerprint density at radius 3 is 2.78 bits per heavy atom. The summed E-state index contributed by atoms with van der Waals surface area (Å²) in [7, 11) is 0. The number of rotatable bonds is 1. The van der Waals surface area contributed by atoms with Crippen LogP contribution in [-0.4, -0.2) is 47.9 Å². The Balaban J connectivity index is 1.76. The highest BCUT2D eigenvalue weighted by atomic mass is 16.2. The van der Waals surface area contributed by atoms with Gasteiger partial charge in [-0.05, 0) is 32.1 Å². The number of likely N-dealkylation sites (tertiary alicyclic amines) is 1. The van der Waals surface area contributed by atoms with Crippen molar-refractivity contribution in [3.63, 3.8) is 0 Å². The molecule has 0 aliphatic carbocycles. The monoisotopic (exact) mass is 251 g/mol. The fourth-order valence-electron chi connectivity index (χ4n) is 3.78. The highest BCUT2D eigenvalue weighted by Gasteiger charge is 2.52. The van der Waals surface area contributed by atoms with Gasteiger partial charge in [0.15, 0.2) is 0 Å². The van der Waals surface area contributed by atoms with Crippen LogP contribution in [0.4, 0.5) is 0 Å². The Kier molecular flexibility index (Phi) is 2.62. The molecule has 2 N–H and O–H groups in total. The van der Waals surface area contributed by atoms with Gasteiger partial charge < -0.3 is 15.5 Å². The average molecular weight is 251 g/mol. The van der Waals surface area contributed by atoms with E-state index < -0.39 is 0 Å². The molecular formula is C13H21N3O2. The molecule has 0 aromatic rings. The summed E-state index contributed by atoms with van der Waals surface area (Å²) in [4.78, 5) is 25.8. The number of fused-ring (bicyclic) bond motifs is 1. The van der Waals surface area contributed by atoms with E-state index in [0.717, 1.165) is 19.6 Å². The van der Waals surface area contributed by atoms with Crippen LogP contribution in [0.25, 0.3) is 0 Å². The van der Waals surface area contributed by atoms with E-state index in [0.29, 0.717) is 24.7 Å². The lowest BCUT2D eigenvalue weighted by Crippen LogP contribution is -2.53. The van der Waals surface area contributed by atoms with E-state index in [1.165, 1.54) is 0 Å². The van der Waals surface area contributed by atoms with Gasteiger partial charge >= 0.3 is 0 Å². The number of carbonyl (C=O) groups excluding carboxylic acids is 2. The van der Waals surface area contributed by atoms with Crippen molar-refractivity contribution in [1.29, 1.82) is 0 Å². The molecule has 5 heteroatoms. The summed E-state index contributed by atoms with van der Waals surface area (Å²) in [6, 6.07) is -0.288. The molecule has 0 spiro atoms. The zero-order chi connectivity index (χ0) is 12.9. The van der Waals surface area contributed by atoms with Crippen molar-refractivity contribution in [3.05, 3.63) is 0 Å². The van der Waals surface area contributed by atoms with Crippen molar-refractivity contribution >= 4 is 11.8 Å². The van der Waals surface area contributed by atoms with E-state index in [2.05, 4.69) is 24.5 Å². The van der Waals surface area contributed by atoms with Gasteiger partial charge in [-0.15, -0.1) is 0 Å². The second kappa shape index (κ2) is 3.95. The van der Waals surface area contributed by atoms with Crippen molar-refractivity contribution in [2.45, 2.75) is 38.3 Å². The van der Waals surface area contributed by atoms with Gasteiger partial charge in [-0.1, -0.05) is 0 Å². The molecule has 0 saturated carbocycles. The van der Waals surface area contributed by atoms with E-state index >= 15 is 0 Å². The molecule has 18 heavy (non-hydrogen) atoms. The minimum Gasteiger partial charge on any atom is -0.344 e. The number of nitrogens with one attached hydrogen (secondary N) is 2. The topological polar surface area (TPSA) is 61.4 Å². The average Bonchev–Trinajstić information content (AvgIpc) is 2.96. The van der Waals surface area contributed by atoms with Crippen LogP contribution in [0.2, 0.25) is 0 Å². The third-order valence-corrected chi connectivity index (χ3v) is 4.92. The Bertz CT molecular complexity index is 394. The molecule has 3 atom stereocenters. The van der Waals surface area contributed by atoms with Crippen molar-refractivity contribution in [3.8, 4) is 0 Å². The van der Waals surface area contributed by atoms with Crippen LogP contribution >= 0.6 is 0 Å². The fraction of sp³-hybridized carbons (Fsp3) is 0.846. The van der Waals surface area contributed by atoms with Gasteiger partial charge in [-0.25, -0.2) is 0 Å². The molecule has 2 amide bonds. The molecule has 0 bridgehead atoms. The van der Waals surface area contributed by atoms with Gasteiger partial charge in [-0.3, -0.25) is 9.59 Å². The number of hydrogen-bond donors (Lipinski definition) is 2. The highest BCUT2D eigenvalue weighted by Crippen LogP contribution is 2.41. The predicted molar refractivity (Wildman–Crippen MR) is 66.8 cm³/mol. The molecule has 3 saturated heterocycles. The molecule has 3 aliphatic rings. The summed E-state index contributed by atoms with van der Waals surface area (Å²) in [6.45, 7) is 7.14. The van der Waals surface area contributed by atoms with Gasteiger partial charge in [0.2, 0.25) is 11.8 Å². The fourth-order valence-corrected chi connectivity index (χ4v) is 3.78. The molecule has 3 unspecified atom stereocenters. The lowest BCUT2D eigenvalue weighted by Gasteiger charge is -2.37. The van der Waals surface area contributed by atoms with E-state index in [9.17, 15) is 9.59 Å². The summed E-state index contributed by atoms with van der Waals surface area (Å²) < 4.78 is 0. The first-order chi connectivity index (χ1) is 8.50. The highest BCUT2D eigenvalue weighted by molar-refractivity contribution is 5.91. The maximum Gasteiger partial charge on any atom is 0.245 e. The van der Waals surface area contributed by atoms with Gasteiger partial charge in [0.1, 0.15) is 6.04 Å². The molecule has 3 fully saturated rings. The quantitative estimate of drug-likeness (QED) is 0.674. The number of hydrogen-bond acceptors (Lipinski definition) is 3. The molecule has 0 radical (unpaired) electrons. The maximum atomic E-state index is 12.5. The smallest absolute Gasteiger partial charge is 0.245 e. The lowest BCUT2D eigenvalue weighted by atomic mass is 9.84. The van der Waals surface area contributed by atoms with Gasteiger partial charge in [-0.2, -0.15) is 0 Å². The zero-order valence-electron chi connectivity index (χ0n) is 11.0. The lowest BCUT2D eigenvalue weighted by molar-refractivity contribution is -0.138. The second-order valence-electron chi connectivity index (χ2n) is 6.29. The Morgan fingerprint density at radius 2 is 2.17 bits per heavy atom. The van der Waals surface area contributed by atoms with Crippen LogP contribution in [0.5, 0.6) is 0 Å². The van der Waals surface area contributed by atoms with Crippen molar-refractivity contribution in [1.82, 2.24) is 15.5 Å². The minimum atomic E-state index is -0.288. The minimum absolute atomic E-state index is 0.00668. The zero-order valence-corrected chi connectivity index (χ0v) is 11.0. The molecule has 0 aromatic heterocycles. The number of amides is 2. The normalized spacial score (nSPS) is 37.8. The van der Waals surface area contributed by atoms with Crippen molar-refractivity contribution in [2.75, 3.05) is 19.6 Å². The summed E-state index contributed by atoms with van der Waals surface area (Å²) in [6.07, 6.45) is 1.14. The molecule has 100 valence electrons. The van der Waals surface area contributed by atoms with Crippen molar-refractivity contribution in [2.24, 2.45) is 11.8 Å². The Labute approximate surface area is 107 Å². The van der Waals surface area contributed by atoms with Crippen LogP contribution in [-0.2, 0) is 9.59 Å². The largest absolute Gasteiger partial charge is 0.344 e. The summed E-state index contributed by atoms with van der Waals surface area (Å²) in [5.74, 6) is 1.23. The standard InChI is InChI=1S/C13H21N3O2/c1-13(2)9-6-14-5-8(9)7-16(13)12(18)10-3-4-11(17)15-10/h8-10,14H,3-7H2,1-2H3,(H,15,17). The van der Waals surface area contributed by atoms with Crippen LogP contribution in [0.1, 0.15) is 26.7 Å². The van der Waals surface area contributed by atoms with Gasteiger partial charge in [0.05, 0.1) is 0 Å². The third kappa shape index (κ3) is 1.64. The molecule has 3 heterocycles. The third-order valence-electron chi connectivity index (χ3n) is 4.92. The first-order valence-electron chi connectivity index (χ1n) is 6.81. The Morgan fingerprint density at radius 1 is 1.39 bits per heavy atom. The van der Waals surface area contributed by atoms with Crippen LogP contribution in [0, 0.1) is 11.8 Å². The van der Waals surface area contributed by atoms with Crippen molar-refractivity contribution < 1.29 is 9.59 Å². The summed E-state index contributed by atoms with van der Waals surface area (Å²) in [5, 5.41) is 6.20. The molecule has 3 rings (SSSR count). The van der Waals surface area contributed by atoms with Crippen LogP contribution < -0.4 is 10.6 Å². The van der Waals surface area contributed by atoms with Gasteiger partial charge in [0, 0.05) is 31.6 Å². The SMILES string of the molecule is CC1(C)C2CNCC2CN1C(=O)C1CCC(=O)N1. The Hall–Kier alpha value is -1.10. The predicted octanol–water partition coefficient (Wildman–Crippen LogP) is -0.279. The molecule has 5 nitrogen and oxygen atoms in total. The number of carbonyl (C=O) groups is 2. The summed E-state index contributed by atoms with van der Waals surface area (Å²) >= 11 is 0. The molecular weight excluding hydrogens is 230 g/mol. The summed E-state index contributed by atoms with van der Waals surface area (Å²) in [5.41, 5.74) is -0.0986. The number of nitrogens with zero attached hydrogens (tertiary/aromatic N) is 1. The van der Waals surface area contributed by atoms with E-state index in [-0.39, 0.29) is 23.4 Å². The van der Waals surface area contributed by atoms with E-state index in [4.69, 9.17) is 0 Å².